The van der Waals surface area contributed by atoms with E-state index in [1.165, 1.54) is 121 Å². The molecule has 0 N–H and O–H groups in total. The third kappa shape index (κ3) is 4.74. The van der Waals surface area contributed by atoms with E-state index in [0.29, 0.717) is 0 Å². The van der Waals surface area contributed by atoms with E-state index >= 15 is 0 Å². The summed E-state index contributed by atoms with van der Waals surface area (Å²) in [4.78, 5) is 0. The number of rotatable bonds is 4. The van der Waals surface area contributed by atoms with Gasteiger partial charge in [-0.25, -0.2) is 0 Å². The molecule has 0 atom stereocenters. The largest absolute Gasteiger partial charge is 0.0622 e. The molecule has 0 heteroatoms. The highest BCUT2D eigenvalue weighted by Crippen LogP contribution is 2.52. The average Bonchev–Trinajstić information content (AvgIpc) is 3.67. The van der Waals surface area contributed by atoms with Gasteiger partial charge in [0.05, 0.1) is 0 Å². The van der Waals surface area contributed by atoms with Gasteiger partial charge in [-0.3, -0.25) is 0 Å². The molecule has 264 valence electrons. The van der Waals surface area contributed by atoms with E-state index in [1.54, 1.807) is 0 Å². The highest BCUT2D eigenvalue weighted by atomic mass is 14.3. The highest BCUT2D eigenvalue weighted by molar-refractivity contribution is 6.32. The van der Waals surface area contributed by atoms with Gasteiger partial charge in [0.15, 0.2) is 0 Å². The highest BCUT2D eigenvalue weighted by Gasteiger charge is 2.27. The van der Waals surface area contributed by atoms with Crippen LogP contribution in [0.1, 0.15) is 11.1 Å². The summed E-state index contributed by atoms with van der Waals surface area (Å²) in [5, 5.41) is 12.8. The van der Waals surface area contributed by atoms with E-state index in [4.69, 9.17) is 0 Å². The first kappa shape index (κ1) is 32.0. The quantitative estimate of drug-likeness (QED) is 0.125. The van der Waals surface area contributed by atoms with Crippen molar-refractivity contribution in [3.05, 3.63) is 217 Å². The number of hydrogen-bond acceptors (Lipinski definition) is 0. The molecule has 0 aliphatic heterocycles. The van der Waals surface area contributed by atoms with Crippen molar-refractivity contribution in [3.8, 4) is 55.6 Å². The van der Waals surface area contributed by atoms with E-state index < -0.39 is 0 Å². The monoisotopic (exact) mass is 720 g/mol. The van der Waals surface area contributed by atoms with Crippen LogP contribution < -0.4 is 0 Å². The second-order valence-electron chi connectivity index (χ2n) is 15.4. The Kier molecular flexibility index (Phi) is 7.09. The van der Waals surface area contributed by atoms with Gasteiger partial charge in [-0.05, 0) is 127 Å². The van der Waals surface area contributed by atoms with Crippen molar-refractivity contribution in [2.45, 2.75) is 6.42 Å². The molecule has 0 heterocycles. The van der Waals surface area contributed by atoms with Crippen molar-refractivity contribution in [2.24, 2.45) is 0 Å². The predicted octanol–water partition coefficient (Wildman–Crippen LogP) is 15.7. The minimum Gasteiger partial charge on any atom is -0.0622 e. The maximum absolute atomic E-state index is 2.36. The van der Waals surface area contributed by atoms with Crippen LogP contribution in [-0.4, -0.2) is 0 Å². The molecule has 12 rings (SSSR count). The fourth-order valence-corrected chi connectivity index (χ4v) is 10.2. The molecule has 0 radical (unpaired) electrons. The Labute approximate surface area is 331 Å². The summed E-state index contributed by atoms with van der Waals surface area (Å²) < 4.78 is 0. The van der Waals surface area contributed by atoms with Gasteiger partial charge in [-0.2, -0.15) is 0 Å². The first-order valence-electron chi connectivity index (χ1n) is 20.0. The Morgan fingerprint density at radius 1 is 0.228 bits per heavy atom. The Morgan fingerprint density at radius 3 is 1.28 bits per heavy atom. The summed E-state index contributed by atoms with van der Waals surface area (Å²) in [7, 11) is 0. The van der Waals surface area contributed by atoms with Crippen LogP contribution in [0, 0.1) is 0 Å². The van der Waals surface area contributed by atoms with Gasteiger partial charge in [-0.1, -0.05) is 206 Å². The second-order valence-corrected chi connectivity index (χ2v) is 15.4. The van der Waals surface area contributed by atoms with Crippen LogP contribution in [0.25, 0.3) is 109 Å². The minimum atomic E-state index is 0.931. The molecule has 0 aromatic heterocycles. The molecule has 0 amide bonds. The smallest absolute Gasteiger partial charge is 0.000728 e. The van der Waals surface area contributed by atoms with Crippen LogP contribution in [0.3, 0.4) is 0 Å². The van der Waals surface area contributed by atoms with Gasteiger partial charge in [-0.15, -0.1) is 0 Å². The van der Waals surface area contributed by atoms with Crippen LogP contribution in [-0.2, 0) is 6.42 Å². The lowest BCUT2D eigenvalue weighted by atomic mass is 9.79. The van der Waals surface area contributed by atoms with Crippen LogP contribution in [0.4, 0.5) is 0 Å². The maximum atomic E-state index is 2.36. The molecule has 0 saturated heterocycles. The number of fused-ring (bicyclic) bond motifs is 11. The lowest BCUT2D eigenvalue weighted by molar-refractivity contribution is 1.26. The summed E-state index contributed by atoms with van der Waals surface area (Å²) in [5.74, 6) is 0. The molecule has 11 aromatic rings. The zero-order valence-electron chi connectivity index (χ0n) is 31.3. The molecule has 0 fully saturated rings. The van der Waals surface area contributed by atoms with Crippen LogP contribution in [0.5, 0.6) is 0 Å². The molecule has 57 heavy (non-hydrogen) atoms. The molecular formula is C57H36. The summed E-state index contributed by atoms with van der Waals surface area (Å²) in [6.07, 6.45) is 0.931. The van der Waals surface area contributed by atoms with Crippen molar-refractivity contribution in [3.63, 3.8) is 0 Å². The Bertz CT molecular complexity index is 3320. The third-order valence-electron chi connectivity index (χ3n) is 12.5. The van der Waals surface area contributed by atoms with E-state index in [9.17, 15) is 0 Å². The van der Waals surface area contributed by atoms with Crippen molar-refractivity contribution in [2.75, 3.05) is 0 Å². The normalized spacial score (nSPS) is 12.1. The lowest BCUT2D eigenvalue weighted by Gasteiger charge is -2.24. The number of hydrogen-bond donors (Lipinski definition) is 0. The van der Waals surface area contributed by atoms with E-state index in [2.05, 4.69) is 206 Å². The van der Waals surface area contributed by atoms with Crippen LogP contribution in [0.2, 0.25) is 0 Å². The molecular weight excluding hydrogens is 685 g/mol. The minimum absolute atomic E-state index is 0.931. The van der Waals surface area contributed by atoms with Crippen LogP contribution >= 0.6 is 0 Å². The first-order chi connectivity index (χ1) is 28.3. The summed E-state index contributed by atoms with van der Waals surface area (Å²) in [6.45, 7) is 0. The summed E-state index contributed by atoms with van der Waals surface area (Å²) >= 11 is 0. The van der Waals surface area contributed by atoms with Gasteiger partial charge < -0.3 is 0 Å². The Hall–Kier alpha value is -7.28. The van der Waals surface area contributed by atoms with Gasteiger partial charge >= 0.3 is 0 Å². The molecule has 1 aliphatic carbocycles. The first-order valence-corrected chi connectivity index (χ1v) is 20.0. The SMILES string of the molecule is c1ccc(-c2cccc(-c3cccc4c3Cc3ccccc3-4)c2-c2c3ccccc3c(-c3cccc4c5ccccc5c5ccccc5c34)c3ccccc23)cc1. The molecule has 1 aliphatic rings. The topological polar surface area (TPSA) is 0 Å². The molecule has 0 unspecified atom stereocenters. The zero-order chi connectivity index (χ0) is 37.5. The van der Waals surface area contributed by atoms with Crippen molar-refractivity contribution >= 4 is 53.9 Å². The fourth-order valence-electron chi connectivity index (χ4n) is 10.2. The van der Waals surface area contributed by atoms with E-state index in [0.717, 1.165) is 6.42 Å². The van der Waals surface area contributed by atoms with Gasteiger partial charge in [0, 0.05) is 0 Å². The van der Waals surface area contributed by atoms with E-state index in [1.807, 2.05) is 0 Å². The molecule has 0 bridgehead atoms. The van der Waals surface area contributed by atoms with Gasteiger partial charge in [0.25, 0.3) is 0 Å². The van der Waals surface area contributed by atoms with Crippen molar-refractivity contribution in [1.82, 2.24) is 0 Å². The molecule has 0 saturated carbocycles. The number of benzene rings is 11. The third-order valence-corrected chi connectivity index (χ3v) is 12.5. The molecule has 0 nitrogen and oxygen atoms in total. The standard InChI is InChI=1S/C57H36/c1-2-17-36(18-3-1)39-29-14-33-47(44-31-15-30-40-38-20-5-4-19-37(38)35-53(40)44)56(39)57-50-27-12-10-25-48(50)55(49-26-11-13-28-51(49)57)52-34-16-32-46-43-22-7-6-21-41(43)42-23-8-9-24-45(42)54(46)52/h1-34H,35H2. The van der Waals surface area contributed by atoms with Gasteiger partial charge in [0.1, 0.15) is 0 Å². The second kappa shape index (κ2) is 12.6. The van der Waals surface area contributed by atoms with E-state index in [-0.39, 0.29) is 0 Å². The summed E-state index contributed by atoms with van der Waals surface area (Å²) in [5.41, 5.74) is 15.7. The van der Waals surface area contributed by atoms with Crippen molar-refractivity contribution < 1.29 is 0 Å². The average molecular weight is 721 g/mol. The molecule has 11 aromatic carbocycles. The van der Waals surface area contributed by atoms with Crippen LogP contribution in [0.15, 0.2) is 206 Å². The maximum Gasteiger partial charge on any atom is -0.000728 e. The summed E-state index contributed by atoms with van der Waals surface area (Å²) in [6, 6.07) is 76.8. The molecule has 0 spiro atoms. The Morgan fingerprint density at radius 2 is 0.632 bits per heavy atom. The lowest BCUT2D eigenvalue weighted by Crippen LogP contribution is -1.97. The Balaban J connectivity index is 1.23. The van der Waals surface area contributed by atoms with Crippen molar-refractivity contribution in [1.29, 1.82) is 0 Å². The van der Waals surface area contributed by atoms with Gasteiger partial charge in [0.2, 0.25) is 0 Å². The fraction of sp³-hybridized carbons (Fsp3) is 0.0175. The predicted molar refractivity (Wildman–Crippen MR) is 244 cm³/mol. The zero-order valence-corrected chi connectivity index (χ0v) is 31.3.